The van der Waals surface area contributed by atoms with Crippen LogP contribution in [0.3, 0.4) is 0 Å². The summed E-state index contributed by atoms with van der Waals surface area (Å²) in [5, 5.41) is 11.6. The van der Waals surface area contributed by atoms with E-state index in [9.17, 15) is 9.18 Å². The van der Waals surface area contributed by atoms with E-state index in [4.69, 9.17) is 5.11 Å². The Morgan fingerprint density at radius 2 is 2.25 bits per heavy atom. The molecule has 0 spiro atoms. The number of hydrogen-bond donors (Lipinski definition) is 2. The Balaban J connectivity index is 2.92. The summed E-state index contributed by atoms with van der Waals surface area (Å²) in [5.74, 6) is -1.40. The minimum absolute atomic E-state index is 0.222. The third-order valence-electron chi connectivity index (χ3n) is 2.18. The number of halogens is 1. The molecule has 0 aliphatic carbocycles. The minimum atomic E-state index is -0.985. The Hall–Kier alpha value is -1.62. The van der Waals surface area contributed by atoms with Crippen LogP contribution in [0, 0.1) is 5.82 Å². The van der Waals surface area contributed by atoms with Gasteiger partial charge in [-0.05, 0) is 24.7 Å². The first-order valence-electron chi connectivity index (χ1n) is 4.90. The third kappa shape index (κ3) is 3.20. The summed E-state index contributed by atoms with van der Waals surface area (Å²) in [6.07, 6.45) is 0. The SMILES string of the molecule is CNCc1ccc(F)c(N(C)CC(=O)O)c1. The molecule has 0 aliphatic heterocycles. The van der Waals surface area contributed by atoms with Crippen molar-refractivity contribution in [2.45, 2.75) is 6.54 Å². The van der Waals surface area contributed by atoms with Crippen molar-refractivity contribution in [1.29, 1.82) is 0 Å². The molecule has 0 unspecified atom stereocenters. The van der Waals surface area contributed by atoms with E-state index in [2.05, 4.69) is 5.32 Å². The molecule has 0 aromatic heterocycles. The van der Waals surface area contributed by atoms with Gasteiger partial charge < -0.3 is 15.3 Å². The molecular weight excluding hydrogens is 211 g/mol. The first-order valence-corrected chi connectivity index (χ1v) is 4.90. The van der Waals surface area contributed by atoms with Gasteiger partial charge in [-0.1, -0.05) is 6.07 Å². The lowest BCUT2D eigenvalue weighted by atomic mass is 10.2. The van der Waals surface area contributed by atoms with Gasteiger partial charge in [0.25, 0.3) is 0 Å². The number of nitrogens with one attached hydrogen (secondary N) is 1. The van der Waals surface area contributed by atoms with Gasteiger partial charge >= 0.3 is 5.97 Å². The van der Waals surface area contributed by atoms with Crippen molar-refractivity contribution in [3.63, 3.8) is 0 Å². The molecule has 1 aromatic carbocycles. The van der Waals surface area contributed by atoms with Crippen LogP contribution in [-0.2, 0) is 11.3 Å². The molecule has 1 rings (SSSR count). The highest BCUT2D eigenvalue weighted by Crippen LogP contribution is 2.19. The Morgan fingerprint density at radius 3 is 2.81 bits per heavy atom. The molecule has 16 heavy (non-hydrogen) atoms. The quantitative estimate of drug-likeness (QED) is 0.788. The van der Waals surface area contributed by atoms with Gasteiger partial charge in [-0.3, -0.25) is 4.79 Å². The lowest BCUT2D eigenvalue weighted by molar-refractivity contribution is -0.135. The van der Waals surface area contributed by atoms with Gasteiger partial charge in [0.15, 0.2) is 0 Å². The van der Waals surface area contributed by atoms with E-state index in [0.717, 1.165) is 5.56 Å². The molecule has 0 bridgehead atoms. The standard InChI is InChI=1S/C11H15FN2O2/c1-13-6-8-3-4-9(12)10(5-8)14(2)7-11(15)16/h3-5,13H,6-7H2,1-2H3,(H,15,16). The van der Waals surface area contributed by atoms with E-state index in [1.165, 1.54) is 11.0 Å². The molecule has 0 fully saturated rings. The molecule has 0 saturated heterocycles. The monoisotopic (exact) mass is 226 g/mol. The smallest absolute Gasteiger partial charge is 0.323 e. The first-order chi connectivity index (χ1) is 7.54. The van der Waals surface area contributed by atoms with Crippen LogP contribution in [0.15, 0.2) is 18.2 Å². The number of hydrogen-bond acceptors (Lipinski definition) is 3. The Labute approximate surface area is 93.7 Å². The fraction of sp³-hybridized carbons (Fsp3) is 0.364. The molecule has 4 nitrogen and oxygen atoms in total. The second kappa shape index (κ2) is 5.46. The van der Waals surface area contributed by atoms with Crippen LogP contribution in [-0.4, -0.2) is 31.7 Å². The van der Waals surface area contributed by atoms with Crippen molar-refractivity contribution in [3.05, 3.63) is 29.6 Å². The number of carboxylic acid groups (broad SMARTS) is 1. The van der Waals surface area contributed by atoms with Crippen LogP contribution in [0.5, 0.6) is 0 Å². The summed E-state index contributed by atoms with van der Waals surface area (Å²) >= 11 is 0. The highest BCUT2D eigenvalue weighted by atomic mass is 19.1. The number of nitrogens with zero attached hydrogens (tertiary/aromatic N) is 1. The number of likely N-dealkylation sites (N-methyl/N-ethyl adjacent to an activating group) is 1. The van der Waals surface area contributed by atoms with Crippen LogP contribution in [0.2, 0.25) is 0 Å². The molecule has 5 heteroatoms. The molecular formula is C11H15FN2O2. The average molecular weight is 226 g/mol. The third-order valence-corrected chi connectivity index (χ3v) is 2.18. The van der Waals surface area contributed by atoms with Crippen LogP contribution in [0.25, 0.3) is 0 Å². The van der Waals surface area contributed by atoms with Crippen molar-refractivity contribution in [3.8, 4) is 0 Å². The van der Waals surface area contributed by atoms with Crippen molar-refractivity contribution < 1.29 is 14.3 Å². The van der Waals surface area contributed by atoms with E-state index in [0.29, 0.717) is 12.2 Å². The summed E-state index contributed by atoms with van der Waals surface area (Å²) in [4.78, 5) is 11.9. The maximum Gasteiger partial charge on any atom is 0.323 e. The van der Waals surface area contributed by atoms with Gasteiger partial charge in [0.1, 0.15) is 12.4 Å². The highest BCUT2D eigenvalue weighted by Gasteiger charge is 2.11. The van der Waals surface area contributed by atoms with Gasteiger partial charge in [0, 0.05) is 13.6 Å². The largest absolute Gasteiger partial charge is 0.480 e. The van der Waals surface area contributed by atoms with Crippen molar-refractivity contribution >= 4 is 11.7 Å². The number of aliphatic carboxylic acids is 1. The fourth-order valence-electron chi connectivity index (χ4n) is 1.45. The van der Waals surface area contributed by atoms with Crippen molar-refractivity contribution in [2.24, 2.45) is 0 Å². The van der Waals surface area contributed by atoms with Crippen LogP contribution in [0.1, 0.15) is 5.56 Å². The molecule has 0 amide bonds. The van der Waals surface area contributed by atoms with Gasteiger partial charge in [0.2, 0.25) is 0 Å². The van der Waals surface area contributed by atoms with E-state index >= 15 is 0 Å². The molecule has 2 N–H and O–H groups in total. The summed E-state index contributed by atoms with van der Waals surface area (Å²) in [5.41, 5.74) is 1.21. The zero-order valence-corrected chi connectivity index (χ0v) is 9.33. The Morgan fingerprint density at radius 1 is 1.56 bits per heavy atom. The molecule has 0 heterocycles. The van der Waals surface area contributed by atoms with E-state index in [1.54, 1.807) is 26.2 Å². The summed E-state index contributed by atoms with van der Waals surface area (Å²) < 4.78 is 13.5. The molecule has 0 saturated carbocycles. The average Bonchev–Trinajstić information content (AvgIpc) is 2.20. The first kappa shape index (κ1) is 12.4. The van der Waals surface area contributed by atoms with Crippen LogP contribution >= 0.6 is 0 Å². The maximum atomic E-state index is 13.5. The van der Waals surface area contributed by atoms with Gasteiger partial charge in [-0.15, -0.1) is 0 Å². The minimum Gasteiger partial charge on any atom is -0.480 e. The second-order valence-electron chi connectivity index (χ2n) is 3.57. The van der Waals surface area contributed by atoms with Crippen molar-refractivity contribution in [2.75, 3.05) is 25.5 Å². The van der Waals surface area contributed by atoms with Gasteiger partial charge in [0.05, 0.1) is 5.69 Å². The topological polar surface area (TPSA) is 52.6 Å². The predicted octanol–water partition coefficient (Wildman–Crippen LogP) is 1.07. The number of carboxylic acids is 1. The lowest BCUT2D eigenvalue weighted by Gasteiger charge is -2.18. The highest BCUT2D eigenvalue weighted by molar-refractivity contribution is 5.73. The van der Waals surface area contributed by atoms with Crippen LogP contribution in [0.4, 0.5) is 10.1 Å². The van der Waals surface area contributed by atoms with Crippen molar-refractivity contribution in [1.82, 2.24) is 5.32 Å². The number of rotatable bonds is 5. The fourth-order valence-corrected chi connectivity index (χ4v) is 1.45. The molecule has 0 aliphatic rings. The number of anilines is 1. The number of benzene rings is 1. The molecule has 1 aromatic rings. The summed E-state index contributed by atoms with van der Waals surface area (Å²) in [6, 6.07) is 4.67. The Kier molecular flexibility index (Phi) is 4.25. The predicted molar refractivity (Wildman–Crippen MR) is 60.1 cm³/mol. The Bertz CT molecular complexity index is 382. The molecule has 88 valence electrons. The zero-order valence-electron chi connectivity index (χ0n) is 9.33. The van der Waals surface area contributed by atoms with Crippen LogP contribution < -0.4 is 10.2 Å². The lowest BCUT2D eigenvalue weighted by Crippen LogP contribution is -2.26. The maximum absolute atomic E-state index is 13.5. The summed E-state index contributed by atoms with van der Waals surface area (Å²) in [7, 11) is 3.35. The molecule has 0 radical (unpaired) electrons. The number of carbonyl (C=O) groups is 1. The normalized spacial score (nSPS) is 10.2. The van der Waals surface area contributed by atoms with Gasteiger partial charge in [-0.2, -0.15) is 0 Å². The van der Waals surface area contributed by atoms with E-state index < -0.39 is 11.8 Å². The van der Waals surface area contributed by atoms with E-state index in [-0.39, 0.29) is 6.54 Å². The molecule has 0 atom stereocenters. The second-order valence-corrected chi connectivity index (χ2v) is 3.57. The van der Waals surface area contributed by atoms with E-state index in [1.807, 2.05) is 0 Å². The van der Waals surface area contributed by atoms with Gasteiger partial charge in [-0.25, -0.2) is 4.39 Å². The summed E-state index contributed by atoms with van der Waals surface area (Å²) in [6.45, 7) is 0.397. The zero-order chi connectivity index (χ0) is 12.1.